The lowest BCUT2D eigenvalue weighted by atomic mass is 9.95. The van der Waals surface area contributed by atoms with E-state index in [2.05, 4.69) is 30.7 Å². The van der Waals surface area contributed by atoms with Crippen LogP contribution in [0.25, 0.3) is 10.9 Å². The molecule has 2 bridgehead atoms. The number of nitrogens with zero attached hydrogens (tertiary/aromatic N) is 5. The number of carbonyl (C=O) groups excluding carboxylic acids is 1. The van der Waals surface area contributed by atoms with Crippen molar-refractivity contribution in [3.05, 3.63) is 21.9 Å². The van der Waals surface area contributed by atoms with Gasteiger partial charge in [-0.3, -0.25) is 9.80 Å². The Morgan fingerprint density at radius 2 is 1.88 bits per heavy atom. The second-order valence-corrected chi connectivity index (χ2v) is 14.4. The van der Waals surface area contributed by atoms with Crippen LogP contribution in [0.4, 0.5) is 19.4 Å². The SMILES string of the molecule is CC(C)(C)OC(=O)N1C2CCC1CN(c1nc(OC[C@@]34CCCN3C[C@H](F)C4)nc3c(F)c(Br)c(C4CC4)cc13)C2. The summed E-state index contributed by atoms with van der Waals surface area (Å²) in [5.41, 5.74) is 0.247. The molecule has 4 aliphatic heterocycles. The molecule has 1 aliphatic carbocycles. The normalized spacial score (nSPS) is 29.9. The molecule has 5 aliphatic rings. The molecule has 2 unspecified atom stereocenters. The first kappa shape index (κ1) is 27.6. The molecule has 0 N–H and O–H groups in total. The number of fused-ring (bicyclic) bond motifs is 4. The molecule has 8 nitrogen and oxygen atoms in total. The number of ether oxygens (including phenoxy) is 2. The third kappa shape index (κ3) is 4.94. The summed E-state index contributed by atoms with van der Waals surface area (Å²) in [6.45, 7) is 8.35. The lowest BCUT2D eigenvalue weighted by Gasteiger charge is -2.42. The number of hydrogen-bond donors (Lipinski definition) is 0. The first-order valence-corrected chi connectivity index (χ1v) is 15.8. The lowest BCUT2D eigenvalue weighted by Crippen LogP contribution is -2.57. The van der Waals surface area contributed by atoms with Gasteiger partial charge in [0.05, 0.1) is 22.1 Å². The first-order valence-electron chi connectivity index (χ1n) is 15.0. The molecule has 41 heavy (non-hydrogen) atoms. The molecule has 1 aromatic carbocycles. The van der Waals surface area contributed by atoms with Crippen LogP contribution in [0.1, 0.15) is 77.2 Å². The fourth-order valence-corrected chi connectivity index (χ4v) is 8.15. The number of hydrogen-bond acceptors (Lipinski definition) is 7. The van der Waals surface area contributed by atoms with Crippen molar-refractivity contribution < 1.29 is 23.0 Å². The summed E-state index contributed by atoms with van der Waals surface area (Å²) in [5, 5.41) is 0.662. The van der Waals surface area contributed by atoms with Crippen molar-refractivity contribution >= 4 is 38.7 Å². The highest BCUT2D eigenvalue weighted by molar-refractivity contribution is 9.10. The van der Waals surface area contributed by atoms with E-state index in [1.54, 1.807) is 0 Å². The van der Waals surface area contributed by atoms with Crippen LogP contribution in [0.2, 0.25) is 0 Å². The van der Waals surface area contributed by atoms with Crippen molar-refractivity contribution in [1.29, 1.82) is 0 Å². The van der Waals surface area contributed by atoms with Gasteiger partial charge in [-0.2, -0.15) is 9.97 Å². The predicted molar refractivity (Wildman–Crippen MR) is 155 cm³/mol. The Morgan fingerprint density at radius 3 is 2.56 bits per heavy atom. The quantitative estimate of drug-likeness (QED) is 0.403. The molecule has 5 heterocycles. The number of anilines is 1. The molecule has 1 saturated carbocycles. The fourth-order valence-electron chi connectivity index (χ4n) is 7.52. The van der Waals surface area contributed by atoms with E-state index in [0.717, 1.165) is 50.6 Å². The Morgan fingerprint density at radius 1 is 1.15 bits per heavy atom. The van der Waals surface area contributed by atoms with Gasteiger partial charge in [0.15, 0.2) is 5.82 Å². The average Bonchev–Trinajstić information content (AvgIpc) is 3.53. The predicted octanol–water partition coefficient (Wildman–Crippen LogP) is 5.95. The van der Waals surface area contributed by atoms with Gasteiger partial charge in [-0.25, -0.2) is 13.6 Å². The van der Waals surface area contributed by atoms with E-state index in [0.29, 0.717) is 47.6 Å². The summed E-state index contributed by atoms with van der Waals surface area (Å²) in [4.78, 5) is 28.8. The van der Waals surface area contributed by atoms with Crippen LogP contribution in [0, 0.1) is 5.82 Å². The van der Waals surface area contributed by atoms with Crippen LogP contribution in [-0.2, 0) is 4.74 Å². The molecule has 4 atom stereocenters. The van der Waals surface area contributed by atoms with Crippen LogP contribution >= 0.6 is 15.9 Å². The molecular formula is C30H38BrF2N5O3. The third-order valence-corrected chi connectivity index (χ3v) is 10.3. The molecule has 0 spiro atoms. The Labute approximate surface area is 247 Å². The van der Waals surface area contributed by atoms with E-state index in [-0.39, 0.29) is 41.8 Å². The van der Waals surface area contributed by atoms with Crippen LogP contribution in [0.15, 0.2) is 10.5 Å². The van der Waals surface area contributed by atoms with E-state index in [1.807, 2.05) is 31.7 Å². The van der Waals surface area contributed by atoms with Gasteiger partial charge < -0.3 is 14.4 Å². The highest BCUT2D eigenvalue weighted by atomic mass is 79.9. The molecule has 1 amide bonds. The third-order valence-electron chi connectivity index (χ3n) is 9.49. The average molecular weight is 635 g/mol. The summed E-state index contributed by atoms with van der Waals surface area (Å²) in [5.74, 6) is 0.559. The molecule has 222 valence electrons. The second-order valence-electron chi connectivity index (χ2n) is 13.6. The van der Waals surface area contributed by atoms with Crippen molar-refractivity contribution in [3.63, 3.8) is 0 Å². The molecule has 4 saturated heterocycles. The van der Waals surface area contributed by atoms with Crippen molar-refractivity contribution in [1.82, 2.24) is 19.8 Å². The van der Waals surface area contributed by atoms with E-state index < -0.39 is 17.6 Å². The highest BCUT2D eigenvalue weighted by Gasteiger charge is 2.50. The number of halogens is 3. The van der Waals surface area contributed by atoms with Gasteiger partial charge in [-0.05, 0) is 99.3 Å². The largest absolute Gasteiger partial charge is 0.461 e. The number of piperazine rings is 1. The van der Waals surface area contributed by atoms with E-state index >= 15 is 4.39 Å². The van der Waals surface area contributed by atoms with Crippen molar-refractivity contribution in [2.24, 2.45) is 0 Å². The van der Waals surface area contributed by atoms with E-state index in [4.69, 9.17) is 14.5 Å². The maximum atomic E-state index is 15.9. The summed E-state index contributed by atoms with van der Waals surface area (Å²) in [6, 6.07) is 2.10. The molecule has 7 rings (SSSR count). The standard InChI is InChI=1S/C30H38BrF2N5O3/c1-29(2,3)41-28(39)38-19-7-8-20(38)15-36(14-19)26-22-11-21(17-5-6-17)23(31)24(33)25(22)34-27(35-26)40-16-30-9-4-10-37(30)13-18(32)12-30/h11,17-20H,4-10,12-16H2,1-3H3/t18-,19?,20?,30+/m1/s1. The lowest BCUT2D eigenvalue weighted by molar-refractivity contribution is 0.0122. The number of benzene rings is 1. The highest BCUT2D eigenvalue weighted by Crippen LogP contribution is 2.47. The second kappa shape index (κ2) is 9.89. The number of rotatable bonds is 5. The van der Waals surface area contributed by atoms with Crippen LogP contribution in [-0.4, -0.2) is 88.0 Å². The summed E-state index contributed by atoms with van der Waals surface area (Å²) in [6.07, 6.45) is 5.00. The van der Waals surface area contributed by atoms with Crippen molar-refractivity contribution in [2.75, 3.05) is 37.7 Å². The topological polar surface area (TPSA) is 71.0 Å². The van der Waals surface area contributed by atoms with Gasteiger partial charge in [0, 0.05) is 31.4 Å². The number of alkyl halides is 1. The number of carbonyl (C=O) groups is 1. The Balaban J connectivity index is 1.23. The van der Waals surface area contributed by atoms with E-state index in [9.17, 15) is 9.18 Å². The van der Waals surface area contributed by atoms with Gasteiger partial charge in [0.1, 0.15) is 29.7 Å². The molecule has 11 heteroatoms. The summed E-state index contributed by atoms with van der Waals surface area (Å²) >= 11 is 3.50. The van der Waals surface area contributed by atoms with Crippen LogP contribution in [0.3, 0.4) is 0 Å². The van der Waals surface area contributed by atoms with Crippen LogP contribution < -0.4 is 9.64 Å². The fraction of sp³-hybridized carbons (Fsp3) is 0.700. The minimum atomic E-state index is -0.863. The molecule has 0 radical (unpaired) electrons. The Bertz CT molecular complexity index is 1370. The Kier molecular flexibility index (Phi) is 6.65. The zero-order valence-electron chi connectivity index (χ0n) is 24.0. The number of amides is 1. The Hall–Kier alpha value is -2.27. The van der Waals surface area contributed by atoms with Gasteiger partial charge in [0.2, 0.25) is 0 Å². The van der Waals surface area contributed by atoms with Gasteiger partial charge in [-0.1, -0.05) is 0 Å². The van der Waals surface area contributed by atoms with Gasteiger partial charge >= 0.3 is 12.1 Å². The molecule has 5 fully saturated rings. The maximum absolute atomic E-state index is 15.9. The first-order chi connectivity index (χ1) is 19.5. The number of aromatic nitrogens is 2. The van der Waals surface area contributed by atoms with Gasteiger partial charge in [-0.15, -0.1) is 0 Å². The smallest absolute Gasteiger partial charge is 0.410 e. The summed E-state index contributed by atoms with van der Waals surface area (Å²) in [7, 11) is 0. The minimum absolute atomic E-state index is 0.0212. The maximum Gasteiger partial charge on any atom is 0.410 e. The molecule has 1 aromatic heterocycles. The van der Waals surface area contributed by atoms with Gasteiger partial charge in [0.25, 0.3) is 0 Å². The zero-order chi connectivity index (χ0) is 28.7. The van der Waals surface area contributed by atoms with E-state index in [1.165, 1.54) is 0 Å². The van der Waals surface area contributed by atoms with Crippen LogP contribution in [0.5, 0.6) is 6.01 Å². The molecule has 2 aromatic rings. The zero-order valence-corrected chi connectivity index (χ0v) is 25.6. The minimum Gasteiger partial charge on any atom is -0.461 e. The summed E-state index contributed by atoms with van der Waals surface area (Å²) < 4.78 is 42.7. The van der Waals surface area contributed by atoms with Crippen molar-refractivity contribution in [2.45, 2.75) is 101 Å². The monoisotopic (exact) mass is 633 g/mol. The molecular weight excluding hydrogens is 596 g/mol. The van der Waals surface area contributed by atoms with Crippen molar-refractivity contribution in [3.8, 4) is 6.01 Å².